The first-order chi connectivity index (χ1) is 8.66. The Balaban J connectivity index is 2.05. The molecule has 0 amide bonds. The fourth-order valence-electron chi connectivity index (χ4n) is 1.71. The summed E-state index contributed by atoms with van der Waals surface area (Å²) in [5, 5.41) is 10.2. The standard InChI is InChI=1S/C15H15FOSe/c1-11(18-14-5-3-2-4-6-14)15(17)12-7-9-13(16)10-8-12/h2-11,15,17H,1H3/t11-,15+/m1/s1. The van der Waals surface area contributed by atoms with Gasteiger partial charge >= 0.3 is 113 Å². The van der Waals surface area contributed by atoms with Gasteiger partial charge in [-0.05, 0) is 0 Å². The van der Waals surface area contributed by atoms with Crippen molar-refractivity contribution in [2.24, 2.45) is 0 Å². The third-order valence-electron chi connectivity index (χ3n) is 2.72. The molecule has 1 nitrogen and oxygen atoms in total. The minimum atomic E-state index is -0.536. The van der Waals surface area contributed by atoms with Crippen molar-refractivity contribution in [1.29, 1.82) is 0 Å². The Morgan fingerprint density at radius 2 is 1.61 bits per heavy atom. The number of halogens is 1. The van der Waals surface area contributed by atoms with E-state index in [4.69, 9.17) is 0 Å². The van der Waals surface area contributed by atoms with Crippen LogP contribution in [0.4, 0.5) is 4.39 Å². The van der Waals surface area contributed by atoms with Gasteiger partial charge in [-0.15, -0.1) is 0 Å². The molecule has 0 saturated carbocycles. The maximum absolute atomic E-state index is 12.8. The number of rotatable bonds is 4. The summed E-state index contributed by atoms with van der Waals surface area (Å²) in [4.78, 5) is 0.158. The molecule has 0 aliphatic heterocycles. The van der Waals surface area contributed by atoms with E-state index in [0.717, 1.165) is 5.56 Å². The Kier molecular flexibility index (Phi) is 4.53. The van der Waals surface area contributed by atoms with Crippen molar-refractivity contribution < 1.29 is 9.50 Å². The Bertz CT molecular complexity index is 484. The van der Waals surface area contributed by atoms with Gasteiger partial charge in [-0.1, -0.05) is 0 Å². The van der Waals surface area contributed by atoms with Crippen molar-refractivity contribution >= 4 is 19.4 Å². The van der Waals surface area contributed by atoms with E-state index < -0.39 is 6.10 Å². The van der Waals surface area contributed by atoms with E-state index in [1.165, 1.54) is 16.6 Å². The van der Waals surface area contributed by atoms with Gasteiger partial charge in [-0.2, -0.15) is 0 Å². The Morgan fingerprint density at radius 3 is 2.22 bits per heavy atom. The molecule has 2 rings (SSSR count). The van der Waals surface area contributed by atoms with Gasteiger partial charge in [0.25, 0.3) is 0 Å². The van der Waals surface area contributed by atoms with Crippen LogP contribution in [0.25, 0.3) is 0 Å². The third-order valence-corrected chi connectivity index (χ3v) is 5.18. The van der Waals surface area contributed by atoms with E-state index in [1.54, 1.807) is 12.1 Å². The zero-order valence-electron chi connectivity index (χ0n) is 10.1. The second-order valence-electron chi connectivity index (χ2n) is 4.13. The van der Waals surface area contributed by atoms with Crippen LogP contribution in [0.3, 0.4) is 0 Å². The molecule has 0 aliphatic rings. The third kappa shape index (κ3) is 3.42. The monoisotopic (exact) mass is 310 g/mol. The van der Waals surface area contributed by atoms with E-state index in [-0.39, 0.29) is 25.6 Å². The first-order valence-corrected chi connectivity index (χ1v) is 7.66. The van der Waals surface area contributed by atoms with E-state index in [2.05, 4.69) is 12.1 Å². The van der Waals surface area contributed by atoms with E-state index in [0.29, 0.717) is 0 Å². The molecule has 2 aromatic carbocycles. The molecule has 18 heavy (non-hydrogen) atoms. The van der Waals surface area contributed by atoms with Crippen LogP contribution in [0.15, 0.2) is 54.6 Å². The van der Waals surface area contributed by atoms with Crippen LogP contribution >= 0.6 is 0 Å². The van der Waals surface area contributed by atoms with Gasteiger partial charge in [-0.3, -0.25) is 0 Å². The van der Waals surface area contributed by atoms with E-state index in [1.807, 2.05) is 25.1 Å². The molecule has 0 aromatic heterocycles. The molecular weight excluding hydrogens is 294 g/mol. The SMILES string of the molecule is C[C@@H]([Se]c1ccccc1)[C@H](O)c1ccc(F)cc1. The summed E-state index contributed by atoms with van der Waals surface area (Å²) < 4.78 is 14.1. The van der Waals surface area contributed by atoms with Crippen molar-refractivity contribution in [1.82, 2.24) is 0 Å². The molecule has 2 aromatic rings. The Morgan fingerprint density at radius 1 is 1.00 bits per heavy atom. The zero-order valence-corrected chi connectivity index (χ0v) is 11.8. The zero-order chi connectivity index (χ0) is 13.0. The Hall–Kier alpha value is -1.15. The Labute approximate surface area is 113 Å². The summed E-state index contributed by atoms with van der Waals surface area (Å²) in [5.74, 6) is -0.271. The molecule has 0 heterocycles. The topological polar surface area (TPSA) is 20.2 Å². The van der Waals surface area contributed by atoms with Crippen molar-refractivity contribution in [2.45, 2.75) is 17.8 Å². The molecule has 2 atom stereocenters. The van der Waals surface area contributed by atoms with Gasteiger partial charge < -0.3 is 0 Å². The van der Waals surface area contributed by atoms with Crippen molar-refractivity contribution in [2.75, 3.05) is 0 Å². The fourth-order valence-corrected chi connectivity index (χ4v) is 3.87. The summed E-state index contributed by atoms with van der Waals surface area (Å²) >= 11 is 0.203. The quantitative estimate of drug-likeness (QED) is 0.861. The van der Waals surface area contributed by atoms with Crippen LogP contribution in [-0.4, -0.2) is 20.1 Å². The molecule has 94 valence electrons. The van der Waals surface area contributed by atoms with Gasteiger partial charge in [-0.25, -0.2) is 0 Å². The summed E-state index contributed by atoms with van der Waals surface area (Å²) in [6.07, 6.45) is -0.536. The maximum atomic E-state index is 12.8. The number of hydrogen-bond acceptors (Lipinski definition) is 1. The second-order valence-corrected chi connectivity index (χ2v) is 7.18. The van der Waals surface area contributed by atoms with Gasteiger partial charge in [0.15, 0.2) is 0 Å². The molecule has 0 aliphatic carbocycles. The number of aliphatic hydroxyl groups excluding tert-OH is 1. The summed E-state index contributed by atoms with van der Waals surface area (Å²) in [6, 6.07) is 16.2. The van der Waals surface area contributed by atoms with Gasteiger partial charge in [0.05, 0.1) is 0 Å². The molecule has 0 fully saturated rings. The van der Waals surface area contributed by atoms with Crippen LogP contribution in [0.1, 0.15) is 18.6 Å². The molecule has 0 unspecified atom stereocenters. The number of benzene rings is 2. The molecule has 3 heteroatoms. The summed E-state index contributed by atoms with van der Waals surface area (Å²) in [5.41, 5.74) is 0.779. The van der Waals surface area contributed by atoms with Gasteiger partial charge in [0, 0.05) is 0 Å². The van der Waals surface area contributed by atoms with Gasteiger partial charge in [0.2, 0.25) is 0 Å². The van der Waals surface area contributed by atoms with Crippen molar-refractivity contribution in [3.05, 3.63) is 66.0 Å². The van der Waals surface area contributed by atoms with E-state index in [9.17, 15) is 9.50 Å². The van der Waals surface area contributed by atoms with Crippen LogP contribution in [0, 0.1) is 5.82 Å². The average molecular weight is 309 g/mol. The molecule has 0 bridgehead atoms. The summed E-state index contributed by atoms with van der Waals surface area (Å²) in [7, 11) is 0. The van der Waals surface area contributed by atoms with Crippen LogP contribution in [0.2, 0.25) is 4.82 Å². The first kappa shape index (κ1) is 13.3. The molecule has 0 radical (unpaired) electrons. The van der Waals surface area contributed by atoms with Gasteiger partial charge in [0.1, 0.15) is 0 Å². The number of hydrogen-bond donors (Lipinski definition) is 1. The predicted molar refractivity (Wildman–Crippen MR) is 72.6 cm³/mol. The van der Waals surface area contributed by atoms with Crippen LogP contribution < -0.4 is 4.46 Å². The molecular formula is C15H15FOSe. The predicted octanol–water partition coefficient (Wildman–Crippen LogP) is 2.70. The van der Waals surface area contributed by atoms with Crippen molar-refractivity contribution in [3.63, 3.8) is 0 Å². The molecule has 0 spiro atoms. The molecule has 1 N–H and O–H groups in total. The minimum absolute atomic E-state index is 0.158. The molecule has 0 saturated heterocycles. The van der Waals surface area contributed by atoms with E-state index >= 15 is 0 Å². The normalized spacial score (nSPS) is 14.2. The average Bonchev–Trinajstić information content (AvgIpc) is 2.40. The second kappa shape index (κ2) is 6.14. The van der Waals surface area contributed by atoms with Crippen LogP contribution in [-0.2, 0) is 0 Å². The fraction of sp³-hybridized carbons (Fsp3) is 0.200. The van der Waals surface area contributed by atoms with Crippen LogP contribution in [0.5, 0.6) is 0 Å². The first-order valence-electron chi connectivity index (χ1n) is 5.82. The van der Waals surface area contributed by atoms with Crippen molar-refractivity contribution in [3.8, 4) is 0 Å². The summed E-state index contributed by atoms with van der Waals surface area (Å²) in [6.45, 7) is 2.03. The number of aliphatic hydroxyl groups is 1.